The second-order valence-corrected chi connectivity index (χ2v) is 11.7. The second kappa shape index (κ2) is 6.07. The average molecular weight is 355 g/mol. The molecule has 1 N–H and O–H groups in total. The van der Waals surface area contributed by atoms with Gasteiger partial charge in [0.15, 0.2) is 0 Å². The standard InChI is InChI=1S/C18H34BNO3S/c1-8-9-15(20-24(21)16(2,3)4)19-22-14-11-12-10-13(17(12,5)6)18(14,7)23-19/h12-15,20H,8-11H2,1-7H3/t12?,13?,14?,15-,18-,24+/m0/s1. The SMILES string of the molecule is CCC[C@H](N[S@](=O)C(C)(C)C)B1OC2CC3CC(C3(C)C)[C@]2(C)O1. The highest BCUT2D eigenvalue weighted by molar-refractivity contribution is 7.84. The zero-order chi connectivity index (χ0) is 17.9. The van der Waals surface area contributed by atoms with Gasteiger partial charge in [0.2, 0.25) is 0 Å². The van der Waals surface area contributed by atoms with Gasteiger partial charge in [-0.2, -0.15) is 0 Å². The Morgan fingerprint density at radius 1 is 1.29 bits per heavy atom. The molecule has 138 valence electrons. The van der Waals surface area contributed by atoms with Crippen molar-refractivity contribution in [2.24, 2.45) is 17.3 Å². The fraction of sp³-hybridized carbons (Fsp3) is 1.00. The van der Waals surface area contributed by atoms with E-state index in [0.717, 1.165) is 25.2 Å². The molecule has 3 saturated carbocycles. The Balaban J connectivity index is 1.74. The minimum atomic E-state index is -1.11. The van der Waals surface area contributed by atoms with Crippen molar-refractivity contribution in [3.05, 3.63) is 0 Å². The molecule has 4 aliphatic rings. The largest absolute Gasteiger partial charge is 0.476 e. The van der Waals surface area contributed by atoms with Gasteiger partial charge in [-0.25, -0.2) is 8.93 Å². The summed E-state index contributed by atoms with van der Waals surface area (Å²) in [5.41, 5.74) is 0.158. The zero-order valence-electron chi connectivity index (χ0n) is 16.3. The fourth-order valence-electron chi connectivity index (χ4n) is 4.95. The van der Waals surface area contributed by atoms with Crippen molar-refractivity contribution in [1.82, 2.24) is 4.72 Å². The van der Waals surface area contributed by atoms with Crippen LogP contribution in [0.3, 0.4) is 0 Å². The maximum absolute atomic E-state index is 12.6. The summed E-state index contributed by atoms with van der Waals surface area (Å²) in [5, 5.41) is 0. The summed E-state index contributed by atoms with van der Waals surface area (Å²) >= 11 is 0. The predicted molar refractivity (Wildman–Crippen MR) is 99.8 cm³/mol. The van der Waals surface area contributed by atoms with Gasteiger partial charge in [-0.05, 0) is 64.2 Å². The molecule has 4 nitrogen and oxygen atoms in total. The van der Waals surface area contributed by atoms with Crippen molar-refractivity contribution in [2.75, 3.05) is 0 Å². The van der Waals surface area contributed by atoms with Crippen LogP contribution in [0.25, 0.3) is 0 Å². The predicted octanol–water partition coefficient (Wildman–Crippen LogP) is 3.47. The highest BCUT2D eigenvalue weighted by Gasteiger charge is 2.68. The van der Waals surface area contributed by atoms with E-state index in [1.807, 2.05) is 20.8 Å². The summed E-state index contributed by atoms with van der Waals surface area (Å²) in [6.45, 7) is 15.1. The molecule has 4 rings (SSSR count). The van der Waals surface area contributed by atoms with Gasteiger partial charge in [-0.15, -0.1) is 0 Å². The molecule has 0 aromatic heterocycles. The van der Waals surface area contributed by atoms with Crippen LogP contribution >= 0.6 is 0 Å². The lowest BCUT2D eigenvalue weighted by atomic mass is 9.43. The molecule has 6 heteroatoms. The van der Waals surface area contributed by atoms with Crippen LogP contribution in [-0.4, -0.2) is 33.7 Å². The van der Waals surface area contributed by atoms with Gasteiger partial charge in [-0.3, -0.25) is 0 Å². The Morgan fingerprint density at radius 2 is 1.96 bits per heavy atom. The topological polar surface area (TPSA) is 47.6 Å². The first-order valence-electron chi connectivity index (χ1n) is 9.51. The molecule has 3 unspecified atom stereocenters. The summed E-state index contributed by atoms with van der Waals surface area (Å²) in [4.78, 5) is 0. The molecule has 0 spiro atoms. The third kappa shape index (κ3) is 2.91. The Labute approximate surface area is 150 Å². The van der Waals surface area contributed by atoms with E-state index in [0.29, 0.717) is 11.3 Å². The quantitative estimate of drug-likeness (QED) is 0.768. The van der Waals surface area contributed by atoms with Crippen LogP contribution in [0.2, 0.25) is 0 Å². The van der Waals surface area contributed by atoms with Crippen molar-refractivity contribution in [1.29, 1.82) is 0 Å². The van der Waals surface area contributed by atoms with Crippen LogP contribution in [0, 0.1) is 17.3 Å². The van der Waals surface area contributed by atoms with E-state index in [1.165, 1.54) is 6.42 Å². The summed E-state index contributed by atoms with van der Waals surface area (Å²) < 4.78 is 28.5. The Kier molecular flexibility index (Phi) is 4.77. The average Bonchev–Trinajstić information content (AvgIpc) is 2.82. The number of nitrogens with one attached hydrogen (secondary N) is 1. The first-order valence-corrected chi connectivity index (χ1v) is 10.7. The Hall–Kier alpha value is 0.0949. The first-order chi connectivity index (χ1) is 11.0. The van der Waals surface area contributed by atoms with Gasteiger partial charge in [0.25, 0.3) is 0 Å². The fourth-order valence-corrected chi connectivity index (χ4v) is 5.80. The van der Waals surface area contributed by atoms with Crippen LogP contribution in [0.5, 0.6) is 0 Å². The Bertz CT molecular complexity index is 521. The van der Waals surface area contributed by atoms with Crippen LogP contribution in [0.15, 0.2) is 0 Å². The van der Waals surface area contributed by atoms with Crippen molar-refractivity contribution in [3.63, 3.8) is 0 Å². The van der Waals surface area contributed by atoms with E-state index < -0.39 is 11.0 Å². The van der Waals surface area contributed by atoms with E-state index in [1.54, 1.807) is 0 Å². The molecule has 4 fully saturated rings. The lowest BCUT2D eigenvalue weighted by Gasteiger charge is -2.64. The van der Waals surface area contributed by atoms with Crippen molar-refractivity contribution < 1.29 is 13.5 Å². The minimum Gasteiger partial charge on any atom is -0.404 e. The van der Waals surface area contributed by atoms with Crippen LogP contribution in [-0.2, 0) is 20.3 Å². The van der Waals surface area contributed by atoms with Crippen LogP contribution in [0.1, 0.15) is 74.1 Å². The molecule has 1 heterocycles. The van der Waals surface area contributed by atoms with Crippen molar-refractivity contribution >= 4 is 18.1 Å². The van der Waals surface area contributed by atoms with E-state index in [-0.39, 0.29) is 29.5 Å². The molecule has 2 bridgehead atoms. The first kappa shape index (κ1) is 18.9. The monoisotopic (exact) mass is 355 g/mol. The lowest BCUT2D eigenvalue weighted by Crippen LogP contribution is -2.65. The molecular weight excluding hydrogens is 321 g/mol. The van der Waals surface area contributed by atoms with Crippen LogP contribution < -0.4 is 4.72 Å². The van der Waals surface area contributed by atoms with Crippen molar-refractivity contribution in [3.8, 4) is 0 Å². The molecule has 0 radical (unpaired) electrons. The van der Waals surface area contributed by atoms with Crippen molar-refractivity contribution in [2.45, 2.75) is 96.5 Å². The van der Waals surface area contributed by atoms with Gasteiger partial charge >= 0.3 is 7.12 Å². The summed E-state index contributed by atoms with van der Waals surface area (Å²) in [6.07, 6.45) is 4.46. The molecule has 0 amide bonds. The normalized spacial score (nSPS) is 40.0. The van der Waals surface area contributed by atoms with E-state index in [4.69, 9.17) is 9.31 Å². The summed E-state index contributed by atoms with van der Waals surface area (Å²) in [5.74, 6) is 1.30. The number of hydrogen-bond donors (Lipinski definition) is 1. The van der Waals surface area contributed by atoms with Gasteiger partial charge in [0.05, 0.1) is 33.4 Å². The molecule has 0 aromatic carbocycles. The molecular formula is C18H34BNO3S. The van der Waals surface area contributed by atoms with E-state index in [9.17, 15) is 4.21 Å². The van der Waals surface area contributed by atoms with Gasteiger partial charge in [0.1, 0.15) is 0 Å². The van der Waals surface area contributed by atoms with Gasteiger partial charge < -0.3 is 9.31 Å². The van der Waals surface area contributed by atoms with Gasteiger partial charge in [0, 0.05) is 0 Å². The van der Waals surface area contributed by atoms with Gasteiger partial charge in [-0.1, -0.05) is 27.2 Å². The molecule has 6 atom stereocenters. The molecule has 0 aromatic rings. The smallest absolute Gasteiger partial charge is 0.404 e. The van der Waals surface area contributed by atoms with Crippen LogP contribution in [0.4, 0.5) is 0 Å². The molecule has 24 heavy (non-hydrogen) atoms. The molecule has 1 saturated heterocycles. The third-order valence-electron chi connectivity index (χ3n) is 6.71. The molecule has 3 aliphatic carbocycles. The maximum Gasteiger partial charge on any atom is 0.476 e. The van der Waals surface area contributed by atoms with E-state index in [2.05, 4.69) is 32.4 Å². The highest BCUT2D eigenvalue weighted by Crippen LogP contribution is 2.65. The third-order valence-corrected chi connectivity index (χ3v) is 8.34. The Morgan fingerprint density at radius 3 is 2.50 bits per heavy atom. The lowest BCUT2D eigenvalue weighted by molar-refractivity contribution is -0.199. The van der Waals surface area contributed by atoms with E-state index >= 15 is 0 Å². The molecule has 1 aliphatic heterocycles. The number of rotatable bonds is 5. The zero-order valence-corrected chi connectivity index (χ0v) is 17.2. The highest BCUT2D eigenvalue weighted by atomic mass is 32.2. The summed E-state index contributed by atoms with van der Waals surface area (Å²) in [6, 6.07) is 0. The second-order valence-electron chi connectivity index (χ2n) is 9.73. The summed E-state index contributed by atoms with van der Waals surface area (Å²) in [7, 11) is -1.40. The number of hydrogen-bond acceptors (Lipinski definition) is 3. The maximum atomic E-state index is 12.6. The minimum absolute atomic E-state index is 0.0159.